The number of nitrogens with two attached hydrogens (primary N) is 1. The minimum Gasteiger partial charge on any atom is -0.365 e. The number of amides is 1. The summed E-state index contributed by atoms with van der Waals surface area (Å²) in [5.74, 6) is -0.497. The van der Waals surface area contributed by atoms with Gasteiger partial charge < -0.3 is 11.1 Å². The highest BCUT2D eigenvalue weighted by atomic mass is 16.1. The lowest BCUT2D eigenvalue weighted by Crippen LogP contribution is -2.14. The number of pyridine rings is 1. The van der Waals surface area contributed by atoms with Gasteiger partial charge in [0.1, 0.15) is 0 Å². The molecule has 21 heavy (non-hydrogen) atoms. The second-order valence-electron chi connectivity index (χ2n) is 4.92. The fraction of sp³-hybridized carbons (Fsp3) is 0.0588. The van der Waals surface area contributed by atoms with Gasteiger partial charge in [0.05, 0.1) is 16.8 Å². The molecule has 0 aliphatic carbocycles. The Kier molecular flexibility index (Phi) is 3.28. The zero-order valence-electron chi connectivity index (χ0n) is 11.6. The molecule has 0 unspecified atom stereocenters. The molecule has 3 rings (SSSR count). The molecule has 0 aliphatic rings. The Morgan fingerprint density at radius 2 is 1.90 bits per heavy atom. The molecule has 0 saturated carbocycles. The van der Waals surface area contributed by atoms with Crippen LogP contribution in [0.3, 0.4) is 0 Å². The number of benzene rings is 2. The van der Waals surface area contributed by atoms with Gasteiger partial charge in [0.25, 0.3) is 5.91 Å². The average molecular weight is 277 g/mol. The van der Waals surface area contributed by atoms with Crippen LogP contribution in [0.15, 0.2) is 54.7 Å². The van der Waals surface area contributed by atoms with Crippen molar-refractivity contribution in [3.05, 3.63) is 65.9 Å². The van der Waals surface area contributed by atoms with Crippen molar-refractivity contribution < 1.29 is 4.79 Å². The summed E-state index contributed by atoms with van der Waals surface area (Å²) in [6, 6.07) is 15.6. The summed E-state index contributed by atoms with van der Waals surface area (Å²) in [6.07, 6.45) is 1.52. The predicted octanol–water partition coefficient (Wildman–Crippen LogP) is 3.39. The molecule has 1 aromatic heterocycles. The van der Waals surface area contributed by atoms with Crippen molar-refractivity contribution in [2.45, 2.75) is 6.92 Å². The van der Waals surface area contributed by atoms with E-state index >= 15 is 0 Å². The molecular formula is C17H15N3O. The first-order valence-electron chi connectivity index (χ1n) is 6.66. The number of primary amides is 1. The van der Waals surface area contributed by atoms with Gasteiger partial charge in [-0.25, -0.2) is 0 Å². The Labute approximate surface area is 122 Å². The number of carbonyl (C=O) groups excluding carboxylic acids is 1. The number of para-hydroxylation sites is 1. The molecule has 0 fully saturated rings. The van der Waals surface area contributed by atoms with Gasteiger partial charge in [-0.15, -0.1) is 0 Å². The summed E-state index contributed by atoms with van der Waals surface area (Å²) < 4.78 is 0. The third kappa shape index (κ3) is 2.56. The van der Waals surface area contributed by atoms with Crippen molar-refractivity contribution in [3.8, 4) is 0 Å². The monoisotopic (exact) mass is 277 g/mol. The number of anilines is 2. The van der Waals surface area contributed by atoms with Crippen molar-refractivity contribution in [2.24, 2.45) is 5.73 Å². The zero-order valence-corrected chi connectivity index (χ0v) is 11.6. The summed E-state index contributed by atoms with van der Waals surface area (Å²) >= 11 is 0. The number of nitrogens with one attached hydrogen (secondary N) is 1. The summed E-state index contributed by atoms with van der Waals surface area (Å²) in [6.45, 7) is 2.01. The first kappa shape index (κ1) is 13.1. The van der Waals surface area contributed by atoms with Crippen molar-refractivity contribution in [3.63, 3.8) is 0 Å². The Morgan fingerprint density at radius 1 is 1.14 bits per heavy atom. The maximum Gasteiger partial charge on any atom is 0.252 e. The number of aryl methyl sites for hydroxylation is 1. The lowest BCUT2D eigenvalue weighted by atomic mass is 10.1. The molecule has 1 heterocycles. The number of rotatable bonds is 3. The van der Waals surface area contributed by atoms with E-state index in [0.29, 0.717) is 11.3 Å². The molecule has 0 bridgehead atoms. The largest absolute Gasteiger partial charge is 0.365 e. The molecule has 1 amide bonds. The van der Waals surface area contributed by atoms with Crippen LogP contribution in [-0.2, 0) is 0 Å². The van der Waals surface area contributed by atoms with Crippen LogP contribution in [-0.4, -0.2) is 10.9 Å². The minimum absolute atomic E-state index is 0.384. The Morgan fingerprint density at radius 3 is 2.62 bits per heavy atom. The lowest BCUT2D eigenvalue weighted by molar-refractivity contribution is 0.100. The second kappa shape index (κ2) is 5.25. The fourth-order valence-corrected chi connectivity index (χ4v) is 2.29. The first-order valence-corrected chi connectivity index (χ1v) is 6.66. The summed E-state index contributed by atoms with van der Waals surface area (Å²) in [5.41, 5.74) is 9.39. The van der Waals surface area contributed by atoms with Crippen LogP contribution in [0.1, 0.15) is 15.9 Å². The van der Waals surface area contributed by atoms with Gasteiger partial charge in [0.15, 0.2) is 0 Å². The zero-order chi connectivity index (χ0) is 14.8. The van der Waals surface area contributed by atoms with Gasteiger partial charge in [0, 0.05) is 17.3 Å². The van der Waals surface area contributed by atoms with E-state index in [4.69, 9.17) is 5.73 Å². The predicted molar refractivity (Wildman–Crippen MR) is 84.7 cm³/mol. The van der Waals surface area contributed by atoms with Gasteiger partial charge >= 0.3 is 0 Å². The summed E-state index contributed by atoms with van der Waals surface area (Å²) in [7, 11) is 0. The minimum atomic E-state index is -0.497. The number of hydrogen-bond acceptors (Lipinski definition) is 3. The van der Waals surface area contributed by atoms with Crippen molar-refractivity contribution in [1.29, 1.82) is 0 Å². The van der Waals surface area contributed by atoms with Gasteiger partial charge in [-0.1, -0.05) is 30.3 Å². The molecule has 0 aliphatic heterocycles. The third-order valence-electron chi connectivity index (χ3n) is 3.33. The highest BCUT2D eigenvalue weighted by Crippen LogP contribution is 2.29. The third-order valence-corrected chi connectivity index (χ3v) is 3.33. The molecular weight excluding hydrogens is 262 g/mol. The maximum atomic E-state index is 11.7. The molecule has 4 nitrogen and oxygen atoms in total. The number of nitrogens with zero attached hydrogens (tertiary/aromatic N) is 1. The van der Waals surface area contributed by atoms with Crippen LogP contribution in [0, 0.1) is 6.92 Å². The number of aromatic nitrogens is 1. The Hall–Kier alpha value is -2.88. The normalized spacial score (nSPS) is 10.5. The highest BCUT2D eigenvalue weighted by Gasteiger charge is 2.13. The van der Waals surface area contributed by atoms with Crippen LogP contribution in [0.2, 0.25) is 0 Å². The first-order chi connectivity index (χ1) is 10.1. The molecule has 0 spiro atoms. The van der Waals surface area contributed by atoms with E-state index in [0.717, 1.165) is 22.2 Å². The molecule has 0 atom stereocenters. The lowest BCUT2D eigenvalue weighted by Gasteiger charge is -2.13. The van der Waals surface area contributed by atoms with Gasteiger partial charge in [-0.05, 0) is 30.7 Å². The molecule has 104 valence electrons. The van der Waals surface area contributed by atoms with Crippen molar-refractivity contribution in [2.75, 3.05) is 5.32 Å². The molecule has 3 aromatic rings. The molecule has 2 aromatic carbocycles. The molecule has 0 radical (unpaired) electrons. The number of carbonyl (C=O) groups is 1. The van der Waals surface area contributed by atoms with Crippen LogP contribution in [0.5, 0.6) is 0 Å². The molecule has 0 saturated heterocycles. The number of hydrogen-bond donors (Lipinski definition) is 2. The quantitative estimate of drug-likeness (QED) is 0.771. The van der Waals surface area contributed by atoms with E-state index in [1.807, 2.05) is 55.5 Å². The van der Waals surface area contributed by atoms with E-state index in [9.17, 15) is 4.79 Å². The topological polar surface area (TPSA) is 68.0 Å². The average Bonchev–Trinajstić information content (AvgIpc) is 2.48. The smallest absolute Gasteiger partial charge is 0.252 e. The van der Waals surface area contributed by atoms with E-state index in [1.165, 1.54) is 6.20 Å². The van der Waals surface area contributed by atoms with Gasteiger partial charge in [0.2, 0.25) is 0 Å². The van der Waals surface area contributed by atoms with E-state index in [2.05, 4.69) is 10.3 Å². The van der Waals surface area contributed by atoms with Crippen LogP contribution in [0.25, 0.3) is 10.9 Å². The van der Waals surface area contributed by atoms with Crippen LogP contribution >= 0.6 is 0 Å². The van der Waals surface area contributed by atoms with E-state index in [-0.39, 0.29) is 0 Å². The van der Waals surface area contributed by atoms with Crippen molar-refractivity contribution >= 4 is 28.2 Å². The summed E-state index contributed by atoms with van der Waals surface area (Å²) in [5, 5.41) is 4.15. The highest BCUT2D eigenvalue weighted by molar-refractivity contribution is 6.07. The standard InChI is InChI=1S/C17H15N3O/c1-11-7-8-13-15(9-11)19-10-14(17(18)21)16(13)20-12-5-3-2-4-6-12/h2-10H,1H3,(H2,18,21)(H,19,20). The van der Waals surface area contributed by atoms with Crippen molar-refractivity contribution in [1.82, 2.24) is 4.98 Å². The number of fused-ring (bicyclic) bond motifs is 1. The van der Waals surface area contributed by atoms with E-state index < -0.39 is 5.91 Å². The Bertz CT molecular complexity index is 813. The Balaban J connectivity index is 2.21. The van der Waals surface area contributed by atoms with E-state index in [1.54, 1.807) is 0 Å². The van der Waals surface area contributed by atoms with Gasteiger partial charge in [-0.2, -0.15) is 0 Å². The second-order valence-corrected chi connectivity index (χ2v) is 4.92. The molecule has 3 N–H and O–H groups in total. The SMILES string of the molecule is Cc1ccc2c(Nc3ccccc3)c(C(N)=O)cnc2c1. The maximum absolute atomic E-state index is 11.7. The van der Waals surface area contributed by atoms with Gasteiger partial charge in [-0.3, -0.25) is 9.78 Å². The van der Waals surface area contributed by atoms with Crippen LogP contribution in [0.4, 0.5) is 11.4 Å². The summed E-state index contributed by atoms with van der Waals surface area (Å²) in [4.78, 5) is 16.0. The fourth-order valence-electron chi connectivity index (χ4n) is 2.29. The van der Waals surface area contributed by atoms with Crippen LogP contribution < -0.4 is 11.1 Å². The molecule has 4 heteroatoms.